The smallest absolute Gasteiger partial charge is 0.265 e. The molecule has 5 aromatic rings. The number of amides is 1. The van der Waals surface area contributed by atoms with E-state index in [4.69, 9.17) is 0 Å². The first-order valence-electron chi connectivity index (χ1n) is 11.2. The highest BCUT2D eigenvalue weighted by Gasteiger charge is 2.18. The van der Waals surface area contributed by atoms with Crippen LogP contribution in [0.4, 0.5) is 5.69 Å². The van der Waals surface area contributed by atoms with Gasteiger partial charge in [-0.15, -0.1) is 0 Å². The Kier molecular flexibility index (Phi) is 6.07. The maximum atomic E-state index is 13.0. The summed E-state index contributed by atoms with van der Waals surface area (Å²) in [5, 5.41) is 21.8. The Morgan fingerprint density at radius 3 is 2.53 bits per heavy atom. The number of hydrogen-bond donors (Lipinski definition) is 1. The highest BCUT2D eigenvalue weighted by atomic mass is 16.6. The standard InChI is InChI=1S/C28H21N5O3/c1-19-14-15-23(33(35)36)16-21(19)18-29-30-28(34)26-17-27(32(31-26)22-10-3-2-4-11-22)25-13-7-9-20-8-5-6-12-24(20)25/h2-18H,1H3,(H,30,34)/b29-18-. The summed E-state index contributed by atoms with van der Waals surface area (Å²) in [5.74, 6) is -0.495. The molecule has 0 atom stereocenters. The molecular weight excluding hydrogens is 454 g/mol. The van der Waals surface area contributed by atoms with Gasteiger partial charge in [0, 0.05) is 23.3 Å². The number of para-hydroxylation sites is 1. The molecule has 0 aliphatic rings. The number of aromatic nitrogens is 2. The minimum Gasteiger partial charge on any atom is -0.265 e. The lowest BCUT2D eigenvalue weighted by atomic mass is 10.0. The Morgan fingerprint density at radius 2 is 1.72 bits per heavy atom. The van der Waals surface area contributed by atoms with Gasteiger partial charge in [0.05, 0.1) is 22.5 Å². The summed E-state index contributed by atoms with van der Waals surface area (Å²) in [5.41, 5.74) is 6.49. The first kappa shape index (κ1) is 22.7. The molecule has 0 spiro atoms. The van der Waals surface area contributed by atoms with Gasteiger partial charge in [-0.3, -0.25) is 14.9 Å². The molecule has 1 N–H and O–H groups in total. The lowest BCUT2D eigenvalue weighted by molar-refractivity contribution is -0.384. The summed E-state index contributed by atoms with van der Waals surface area (Å²) in [7, 11) is 0. The van der Waals surface area contributed by atoms with E-state index in [9.17, 15) is 14.9 Å². The fourth-order valence-electron chi connectivity index (χ4n) is 4.00. The van der Waals surface area contributed by atoms with Crippen LogP contribution in [0.2, 0.25) is 0 Å². The van der Waals surface area contributed by atoms with E-state index < -0.39 is 10.8 Å². The SMILES string of the molecule is Cc1ccc([N+](=O)[O-])cc1/C=N\NC(=O)c1cc(-c2cccc3ccccc23)n(-c2ccccc2)n1. The average molecular weight is 476 g/mol. The van der Waals surface area contributed by atoms with E-state index in [0.717, 1.165) is 33.3 Å². The van der Waals surface area contributed by atoms with Crippen LogP contribution in [0.1, 0.15) is 21.6 Å². The molecule has 0 saturated carbocycles. The molecule has 0 radical (unpaired) electrons. The number of aryl methyl sites for hydroxylation is 1. The molecule has 0 saturated heterocycles. The van der Waals surface area contributed by atoms with Gasteiger partial charge in [0.25, 0.3) is 11.6 Å². The van der Waals surface area contributed by atoms with Crippen LogP contribution in [0.3, 0.4) is 0 Å². The number of nitrogens with zero attached hydrogens (tertiary/aromatic N) is 4. The highest BCUT2D eigenvalue weighted by Crippen LogP contribution is 2.31. The van der Waals surface area contributed by atoms with Gasteiger partial charge in [-0.25, -0.2) is 10.1 Å². The Balaban J connectivity index is 1.50. The van der Waals surface area contributed by atoms with E-state index >= 15 is 0 Å². The average Bonchev–Trinajstić information content (AvgIpc) is 3.35. The lowest BCUT2D eigenvalue weighted by Crippen LogP contribution is -2.18. The van der Waals surface area contributed by atoms with Gasteiger partial charge in [-0.05, 0) is 41.5 Å². The molecule has 0 aliphatic heterocycles. The molecule has 8 nitrogen and oxygen atoms in total. The Bertz CT molecular complexity index is 1620. The number of hydrazone groups is 1. The van der Waals surface area contributed by atoms with Gasteiger partial charge >= 0.3 is 0 Å². The molecule has 1 aromatic heterocycles. The maximum Gasteiger partial charge on any atom is 0.291 e. The van der Waals surface area contributed by atoms with Crippen LogP contribution >= 0.6 is 0 Å². The molecule has 36 heavy (non-hydrogen) atoms. The second-order valence-electron chi connectivity index (χ2n) is 8.19. The van der Waals surface area contributed by atoms with E-state index in [1.807, 2.05) is 79.7 Å². The molecule has 0 unspecified atom stereocenters. The Hall–Kier alpha value is -5.11. The van der Waals surface area contributed by atoms with Gasteiger partial charge in [0.15, 0.2) is 5.69 Å². The summed E-state index contributed by atoms with van der Waals surface area (Å²) in [6.45, 7) is 1.81. The van der Waals surface area contributed by atoms with Crippen molar-refractivity contribution < 1.29 is 9.72 Å². The van der Waals surface area contributed by atoms with Gasteiger partial charge < -0.3 is 0 Å². The third kappa shape index (κ3) is 4.47. The van der Waals surface area contributed by atoms with Crippen molar-refractivity contribution in [2.75, 3.05) is 0 Å². The summed E-state index contributed by atoms with van der Waals surface area (Å²) in [6.07, 6.45) is 1.39. The van der Waals surface area contributed by atoms with Crippen molar-refractivity contribution in [1.82, 2.24) is 15.2 Å². The number of nitro benzene ring substituents is 1. The zero-order valence-corrected chi connectivity index (χ0v) is 19.3. The van der Waals surface area contributed by atoms with Gasteiger partial charge in [0.1, 0.15) is 0 Å². The van der Waals surface area contributed by atoms with Crippen molar-refractivity contribution in [3.63, 3.8) is 0 Å². The predicted molar refractivity (Wildman–Crippen MR) is 139 cm³/mol. The van der Waals surface area contributed by atoms with E-state index in [2.05, 4.69) is 15.6 Å². The topological polar surface area (TPSA) is 102 Å². The first-order valence-corrected chi connectivity index (χ1v) is 11.2. The number of nitro groups is 1. The second kappa shape index (κ2) is 9.63. The number of carbonyl (C=O) groups is 1. The van der Waals surface area contributed by atoms with Crippen LogP contribution in [0, 0.1) is 17.0 Å². The van der Waals surface area contributed by atoms with Gasteiger partial charge in [0.2, 0.25) is 0 Å². The molecule has 5 rings (SSSR count). The number of hydrogen-bond acceptors (Lipinski definition) is 5. The number of nitrogens with one attached hydrogen (secondary N) is 1. The van der Waals surface area contributed by atoms with Crippen molar-refractivity contribution >= 4 is 28.6 Å². The van der Waals surface area contributed by atoms with Crippen LogP contribution in [-0.4, -0.2) is 26.8 Å². The van der Waals surface area contributed by atoms with E-state index in [0.29, 0.717) is 5.56 Å². The number of benzene rings is 4. The predicted octanol–water partition coefficient (Wildman–Crippen LogP) is 5.67. The Labute approximate surface area is 206 Å². The molecule has 4 aromatic carbocycles. The third-order valence-electron chi connectivity index (χ3n) is 5.85. The van der Waals surface area contributed by atoms with Crippen molar-refractivity contribution in [1.29, 1.82) is 0 Å². The summed E-state index contributed by atoms with van der Waals surface area (Å²) < 4.78 is 1.74. The first-order chi connectivity index (χ1) is 17.5. The fourth-order valence-corrected chi connectivity index (χ4v) is 4.00. The van der Waals surface area contributed by atoms with E-state index in [1.165, 1.54) is 18.3 Å². The number of rotatable bonds is 6. The normalized spacial score (nSPS) is 11.1. The number of non-ortho nitro benzene ring substituents is 1. The molecule has 1 amide bonds. The molecule has 1 heterocycles. The van der Waals surface area contributed by atoms with Crippen molar-refractivity contribution in [3.05, 3.63) is 124 Å². The van der Waals surface area contributed by atoms with Crippen LogP contribution in [-0.2, 0) is 0 Å². The summed E-state index contributed by atoms with van der Waals surface area (Å²) in [6, 6.07) is 29.9. The molecule has 0 bridgehead atoms. The molecule has 0 aliphatic carbocycles. The summed E-state index contributed by atoms with van der Waals surface area (Å²) in [4.78, 5) is 23.6. The summed E-state index contributed by atoms with van der Waals surface area (Å²) >= 11 is 0. The van der Waals surface area contributed by atoms with Crippen molar-refractivity contribution in [3.8, 4) is 16.9 Å². The van der Waals surface area contributed by atoms with Crippen LogP contribution < -0.4 is 5.43 Å². The molecular formula is C28H21N5O3. The third-order valence-corrected chi connectivity index (χ3v) is 5.85. The molecule has 176 valence electrons. The van der Waals surface area contributed by atoms with Gasteiger partial charge in [-0.2, -0.15) is 10.2 Å². The van der Waals surface area contributed by atoms with Crippen molar-refractivity contribution in [2.24, 2.45) is 5.10 Å². The quantitative estimate of drug-likeness (QED) is 0.194. The minimum absolute atomic E-state index is 0.0466. The second-order valence-corrected chi connectivity index (χ2v) is 8.19. The van der Waals surface area contributed by atoms with Crippen LogP contribution in [0.15, 0.2) is 102 Å². The monoisotopic (exact) mass is 475 g/mol. The minimum atomic E-state index is -0.495. The lowest BCUT2D eigenvalue weighted by Gasteiger charge is -2.10. The van der Waals surface area contributed by atoms with E-state index in [1.54, 1.807) is 16.8 Å². The zero-order valence-electron chi connectivity index (χ0n) is 19.3. The van der Waals surface area contributed by atoms with Crippen molar-refractivity contribution in [2.45, 2.75) is 6.92 Å². The fraction of sp³-hybridized carbons (Fsp3) is 0.0357. The largest absolute Gasteiger partial charge is 0.291 e. The molecule has 8 heteroatoms. The highest BCUT2D eigenvalue weighted by molar-refractivity contribution is 5.99. The zero-order chi connectivity index (χ0) is 25.1. The van der Waals surface area contributed by atoms with Gasteiger partial charge in [-0.1, -0.05) is 66.7 Å². The van der Waals surface area contributed by atoms with Crippen LogP contribution in [0.5, 0.6) is 0 Å². The van der Waals surface area contributed by atoms with E-state index in [-0.39, 0.29) is 11.4 Å². The molecule has 0 fully saturated rings. The van der Waals surface area contributed by atoms with Crippen LogP contribution in [0.25, 0.3) is 27.7 Å². The number of fused-ring (bicyclic) bond motifs is 1. The number of carbonyl (C=O) groups excluding carboxylic acids is 1. The Morgan fingerprint density at radius 1 is 0.972 bits per heavy atom. The maximum absolute atomic E-state index is 13.0.